The summed E-state index contributed by atoms with van der Waals surface area (Å²) < 4.78 is 0. The summed E-state index contributed by atoms with van der Waals surface area (Å²) in [7, 11) is 0. The monoisotopic (exact) mass is 289 g/mol. The largest absolute Gasteiger partial charge is 0.478 e. The molecule has 1 amide bonds. The van der Waals surface area contributed by atoms with E-state index in [0.717, 1.165) is 5.56 Å². The predicted molar refractivity (Wildman–Crippen MR) is 77.5 cm³/mol. The van der Waals surface area contributed by atoms with E-state index in [1.54, 1.807) is 12.1 Å². The first kappa shape index (κ1) is 14.1. The van der Waals surface area contributed by atoms with Crippen LogP contribution in [0.3, 0.4) is 0 Å². The Hall–Kier alpha value is -2.33. The fourth-order valence-corrected chi connectivity index (χ4v) is 1.93. The van der Waals surface area contributed by atoms with Gasteiger partial charge >= 0.3 is 5.97 Å². The van der Waals surface area contributed by atoms with E-state index in [4.69, 9.17) is 16.7 Å². The second kappa shape index (κ2) is 5.75. The lowest BCUT2D eigenvalue weighted by molar-refractivity contribution is 0.0696. The van der Waals surface area contributed by atoms with Crippen molar-refractivity contribution < 1.29 is 14.7 Å². The standard InChI is InChI=1S/C15H12ClNO3/c1-9-3-2-4-12(13(9)16)14(18)17-11-7-5-10(6-8-11)15(19)20/h2-8H,1H3,(H,17,18)(H,19,20). The number of benzene rings is 2. The Kier molecular flexibility index (Phi) is 4.05. The zero-order valence-electron chi connectivity index (χ0n) is 10.7. The zero-order chi connectivity index (χ0) is 14.7. The molecule has 0 aliphatic carbocycles. The van der Waals surface area contributed by atoms with Crippen LogP contribution in [-0.2, 0) is 0 Å². The molecule has 2 aromatic carbocycles. The first-order valence-corrected chi connectivity index (χ1v) is 6.26. The molecule has 0 unspecified atom stereocenters. The van der Waals surface area contributed by atoms with E-state index < -0.39 is 5.97 Å². The molecule has 0 saturated heterocycles. The maximum atomic E-state index is 12.1. The summed E-state index contributed by atoms with van der Waals surface area (Å²) in [6, 6.07) is 11.1. The maximum absolute atomic E-state index is 12.1. The van der Waals surface area contributed by atoms with E-state index in [2.05, 4.69) is 5.32 Å². The number of carboxylic acid groups (broad SMARTS) is 1. The summed E-state index contributed by atoms with van der Waals surface area (Å²) in [5, 5.41) is 11.9. The summed E-state index contributed by atoms with van der Waals surface area (Å²) in [6.45, 7) is 1.82. The molecule has 0 spiro atoms. The molecule has 0 fully saturated rings. The lowest BCUT2D eigenvalue weighted by atomic mass is 10.1. The minimum absolute atomic E-state index is 0.164. The molecular weight excluding hydrogens is 278 g/mol. The molecule has 2 N–H and O–H groups in total. The minimum Gasteiger partial charge on any atom is -0.478 e. The Morgan fingerprint density at radius 3 is 2.35 bits per heavy atom. The summed E-state index contributed by atoms with van der Waals surface area (Å²) >= 11 is 6.08. The number of amides is 1. The smallest absolute Gasteiger partial charge is 0.335 e. The Morgan fingerprint density at radius 1 is 1.10 bits per heavy atom. The highest BCUT2D eigenvalue weighted by Gasteiger charge is 2.12. The SMILES string of the molecule is Cc1cccc(C(=O)Nc2ccc(C(=O)O)cc2)c1Cl. The van der Waals surface area contributed by atoms with Crippen LogP contribution in [0, 0.1) is 6.92 Å². The number of nitrogens with one attached hydrogen (secondary N) is 1. The zero-order valence-corrected chi connectivity index (χ0v) is 11.4. The van der Waals surface area contributed by atoms with Crippen LogP contribution < -0.4 is 5.32 Å². The lowest BCUT2D eigenvalue weighted by Crippen LogP contribution is -2.13. The van der Waals surface area contributed by atoms with Crippen molar-refractivity contribution in [3.63, 3.8) is 0 Å². The van der Waals surface area contributed by atoms with Gasteiger partial charge in [0.15, 0.2) is 0 Å². The molecule has 0 radical (unpaired) electrons. The number of halogens is 1. The molecular formula is C15H12ClNO3. The summed E-state index contributed by atoms with van der Waals surface area (Å²) in [5.74, 6) is -1.34. The quantitative estimate of drug-likeness (QED) is 0.907. The second-order valence-electron chi connectivity index (χ2n) is 4.27. The number of aryl methyl sites for hydroxylation is 1. The van der Waals surface area contributed by atoms with E-state index >= 15 is 0 Å². The van der Waals surface area contributed by atoms with Gasteiger partial charge in [0, 0.05) is 5.69 Å². The van der Waals surface area contributed by atoms with Crippen molar-refractivity contribution in [2.75, 3.05) is 5.32 Å². The highest BCUT2D eigenvalue weighted by atomic mass is 35.5. The molecule has 0 aliphatic rings. The average molecular weight is 290 g/mol. The van der Waals surface area contributed by atoms with Gasteiger partial charge in [-0.15, -0.1) is 0 Å². The van der Waals surface area contributed by atoms with Gasteiger partial charge in [0.05, 0.1) is 16.1 Å². The van der Waals surface area contributed by atoms with Crippen LogP contribution in [0.4, 0.5) is 5.69 Å². The molecule has 0 heterocycles. The fourth-order valence-electron chi connectivity index (χ4n) is 1.72. The van der Waals surface area contributed by atoms with Gasteiger partial charge in [-0.3, -0.25) is 4.79 Å². The highest BCUT2D eigenvalue weighted by Crippen LogP contribution is 2.21. The average Bonchev–Trinajstić information content (AvgIpc) is 2.42. The van der Waals surface area contributed by atoms with E-state index in [1.807, 2.05) is 13.0 Å². The number of hydrogen-bond donors (Lipinski definition) is 2. The first-order chi connectivity index (χ1) is 9.49. The molecule has 4 nitrogen and oxygen atoms in total. The summed E-state index contributed by atoms with van der Waals surface area (Å²) in [6.07, 6.45) is 0. The summed E-state index contributed by atoms with van der Waals surface area (Å²) in [4.78, 5) is 22.8. The number of carbonyl (C=O) groups is 2. The van der Waals surface area contributed by atoms with Crippen molar-refractivity contribution in [3.05, 3.63) is 64.2 Å². The van der Waals surface area contributed by atoms with Gasteiger partial charge in [0.2, 0.25) is 0 Å². The highest BCUT2D eigenvalue weighted by molar-refractivity contribution is 6.35. The summed E-state index contributed by atoms with van der Waals surface area (Å²) in [5.41, 5.74) is 1.88. The number of hydrogen-bond acceptors (Lipinski definition) is 2. The van der Waals surface area contributed by atoms with Gasteiger partial charge in [0.25, 0.3) is 5.91 Å². The van der Waals surface area contributed by atoms with Crippen LogP contribution in [0.15, 0.2) is 42.5 Å². The van der Waals surface area contributed by atoms with Gasteiger partial charge in [-0.25, -0.2) is 4.79 Å². The Bertz CT molecular complexity index is 665. The number of aromatic carboxylic acids is 1. The Morgan fingerprint density at radius 2 is 1.75 bits per heavy atom. The van der Waals surface area contributed by atoms with Crippen molar-refractivity contribution in [1.29, 1.82) is 0 Å². The molecule has 0 atom stereocenters. The normalized spacial score (nSPS) is 10.1. The molecule has 0 saturated carbocycles. The molecule has 2 aromatic rings. The van der Waals surface area contributed by atoms with Crippen molar-refractivity contribution >= 4 is 29.2 Å². The Balaban J connectivity index is 2.19. The van der Waals surface area contributed by atoms with Crippen LogP contribution in [0.2, 0.25) is 5.02 Å². The van der Waals surface area contributed by atoms with Crippen LogP contribution in [0.5, 0.6) is 0 Å². The fraction of sp³-hybridized carbons (Fsp3) is 0.0667. The van der Waals surface area contributed by atoms with E-state index in [-0.39, 0.29) is 11.5 Å². The number of carboxylic acids is 1. The maximum Gasteiger partial charge on any atom is 0.335 e. The number of rotatable bonds is 3. The van der Waals surface area contributed by atoms with Crippen LogP contribution >= 0.6 is 11.6 Å². The van der Waals surface area contributed by atoms with Crippen LogP contribution in [0.1, 0.15) is 26.3 Å². The molecule has 0 aromatic heterocycles. The van der Waals surface area contributed by atoms with Gasteiger partial charge in [-0.1, -0.05) is 23.7 Å². The number of anilines is 1. The molecule has 102 valence electrons. The predicted octanol–water partition coefficient (Wildman–Crippen LogP) is 3.60. The third-order valence-corrected chi connectivity index (χ3v) is 3.33. The van der Waals surface area contributed by atoms with Gasteiger partial charge in [0.1, 0.15) is 0 Å². The van der Waals surface area contributed by atoms with Crippen molar-refractivity contribution in [3.8, 4) is 0 Å². The third kappa shape index (κ3) is 2.97. The molecule has 0 aliphatic heterocycles. The third-order valence-electron chi connectivity index (χ3n) is 2.83. The van der Waals surface area contributed by atoms with Crippen LogP contribution in [0.25, 0.3) is 0 Å². The van der Waals surface area contributed by atoms with Crippen molar-refractivity contribution in [2.45, 2.75) is 6.92 Å². The first-order valence-electron chi connectivity index (χ1n) is 5.89. The van der Waals surface area contributed by atoms with Gasteiger partial charge in [-0.05, 0) is 42.8 Å². The Labute approximate surface area is 121 Å². The van der Waals surface area contributed by atoms with Crippen molar-refractivity contribution in [2.24, 2.45) is 0 Å². The molecule has 5 heteroatoms. The molecule has 0 bridgehead atoms. The van der Waals surface area contributed by atoms with E-state index in [9.17, 15) is 9.59 Å². The van der Waals surface area contributed by atoms with E-state index in [1.165, 1.54) is 24.3 Å². The lowest BCUT2D eigenvalue weighted by Gasteiger charge is -2.08. The van der Waals surface area contributed by atoms with Crippen LogP contribution in [-0.4, -0.2) is 17.0 Å². The minimum atomic E-state index is -1.01. The number of carbonyl (C=O) groups excluding carboxylic acids is 1. The van der Waals surface area contributed by atoms with Gasteiger partial charge in [-0.2, -0.15) is 0 Å². The molecule has 20 heavy (non-hydrogen) atoms. The topological polar surface area (TPSA) is 66.4 Å². The van der Waals surface area contributed by atoms with Gasteiger partial charge < -0.3 is 10.4 Å². The second-order valence-corrected chi connectivity index (χ2v) is 4.65. The van der Waals surface area contributed by atoms with E-state index in [0.29, 0.717) is 16.3 Å². The molecule has 2 rings (SSSR count). The van der Waals surface area contributed by atoms with Crippen molar-refractivity contribution in [1.82, 2.24) is 0 Å².